The van der Waals surface area contributed by atoms with E-state index in [9.17, 15) is 14.4 Å². The lowest BCUT2D eigenvalue weighted by Crippen LogP contribution is -2.27. The summed E-state index contributed by atoms with van der Waals surface area (Å²) in [5.74, 6) is -1.05. The lowest BCUT2D eigenvalue weighted by atomic mass is 10.1. The van der Waals surface area contributed by atoms with E-state index in [0.717, 1.165) is 35.0 Å². The van der Waals surface area contributed by atoms with E-state index in [-0.39, 0.29) is 18.9 Å². The van der Waals surface area contributed by atoms with Crippen molar-refractivity contribution >= 4 is 28.5 Å². The Labute approximate surface area is 180 Å². The van der Waals surface area contributed by atoms with Crippen molar-refractivity contribution in [3.05, 3.63) is 75.6 Å². The minimum Gasteiger partial charge on any atom is -0.461 e. The fourth-order valence-corrected chi connectivity index (χ4v) is 4.05. The van der Waals surface area contributed by atoms with Crippen LogP contribution in [0.25, 0.3) is 11.0 Å². The first kappa shape index (κ1) is 20.8. The summed E-state index contributed by atoms with van der Waals surface area (Å²) in [5, 5.41) is 0.741. The first-order chi connectivity index (χ1) is 15.0. The minimum absolute atomic E-state index is 0.0390. The number of hydrogen-bond acceptors (Lipinski definition) is 5. The molecule has 0 saturated carbocycles. The summed E-state index contributed by atoms with van der Waals surface area (Å²) >= 11 is 0. The van der Waals surface area contributed by atoms with Crippen LogP contribution >= 0.6 is 0 Å². The predicted octanol–water partition coefficient (Wildman–Crippen LogP) is 4.01. The summed E-state index contributed by atoms with van der Waals surface area (Å²) in [7, 11) is 0. The second-order valence-corrected chi connectivity index (χ2v) is 7.77. The van der Waals surface area contributed by atoms with Gasteiger partial charge < -0.3 is 14.1 Å². The molecule has 0 aliphatic carbocycles. The van der Waals surface area contributed by atoms with E-state index in [1.807, 2.05) is 56.3 Å². The Hall–Kier alpha value is -3.41. The van der Waals surface area contributed by atoms with Crippen molar-refractivity contribution in [3.63, 3.8) is 0 Å². The Balaban J connectivity index is 1.48. The third kappa shape index (κ3) is 4.24. The van der Waals surface area contributed by atoms with Crippen molar-refractivity contribution in [3.8, 4) is 0 Å². The molecule has 31 heavy (non-hydrogen) atoms. The zero-order valence-corrected chi connectivity index (χ0v) is 17.7. The van der Waals surface area contributed by atoms with E-state index < -0.39 is 17.5 Å². The molecule has 1 saturated heterocycles. The van der Waals surface area contributed by atoms with Gasteiger partial charge in [0.15, 0.2) is 0 Å². The van der Waals surface area contributed by atoms with E-state index in [1.54, 1.807) is 4.90 Å². The van der Waals surface area contributed by atoms with Gasteiger partial charge in [0.1, 0.15) is 12.2 Å². The van der Waals surface area contributed by atoms with Crippen molar-refractivity contribution < 1.29 is 18.7 Å². The second kappa shape index (κ2) is 8.76. The van der Waals surface area contributed by atoms with Crippen LogP contribution in [0.15, 0.2) is 57.7 Å². The monoisotopic (exact) mass is 419 g/mol. The molecule has 1 amide bonds. The van der Waals surface area contributed by atoms with Crippen molar-refractivity contribution in [2.75, 3.05) is 11.4 Å². The summed E-state index contributed by atoms with van der Waals surface area (Å²) in [4.78, 5) is 38.9. The molecular formula is C25H25NO5. The van der Waals surface area contributed by atoms with Gasteiger partial charge in [0, 0.05) is 35.7 Å². The fourth-order valence-electron chi connectivity index (χ4n) is 4.05. The molecule has 2 aromatic carbocycles. The number of para-hydroxylation sites is 1. The highest BCUT2D eigenvalue weighted by Gasteiger charge is 2.36. The number of ether oxygens (including phenoxy) is 1. The Morgan fingerprint density at radius 3 is 2.65 bits per heavy atom. The fraction of sp³-hybridized carbons (Fsp3) is 0.320. The topological polar surface area (TPSA) is 76.8 Å². The Morgan fingerprint density at radius 2 is 1.87 bits per heavy atom. The molecule has 0 bridgehead atoms. The van der Waals surface area contributed by atoms with E-state index in [2.05, 4.69) is 0 Å². The first-order valence-electron chi connectivity index (χ1n) is 10.6. The summed E-state index contributed by atoms with van der Waals surface area (Å²) in [6, 6.07) is 14.8. The molecule has 1 atom stereocenters. The Bertz CT molecular complexity index is 1200. The largest absolute Gasteiger partial charge is 0.461 e. The van der Waals surface area contributed by atoms with E-state index >= 15 is 0 Å². The SMILES string of the molecule is CCc1ccc2c(COC(=O)[C@@H]3CC(=O)N(c4ccccc4CC)C3)cc(=O)oc2c1. The maximum atomic E-state index is 12.7. The second-order valence-electron chi connectivity index (χ2n) is 7.77. The van der Waals surface area contributed by atoms with Crippen LogP contribution in [0.4, 0.5) is 5.69 Å². The predicted molar refractivity (Wildman–Crippen MR) is 118 cm³/mol. The van der Waals surface area contributed by atoms with Gasteiger partial charge in [0.2, 0.25) is 5.91 Å². The van der Waals surface area contributed by atoms with Gasteiger partial charge in [0.25, 0.3) is 0 Å². The molecule has 6 heteroatoms. The number of anilines is 1. The number of amides is 1. The van der Waals surface area contributed by atoms with E-state index in [0.29, 0.717) is 17.7 Å². The molecule has 1 aromatic heterocycles. The van der Waals surface area contributed by atoms with E-state index in [4.69, 9.17) is 9.15 Å². The zero-order valence-electron chi connectivity index (χ0n) is 17.7. The molecule has 1 fully saturated rings. The standard InChI is InChI=1S/C25H25NO5/c1-3-16-9-10-20-19(13-24(28)31-22(20)11-16)15-30-25(29)18-12-23(27)26(14-18)21-8-6-5-7-17(21)4-2/h5-11,13,18H,3-4,12,14-15H2,1-2H3/t18-/m1/s1. The van der Waals surface area contributed by atoms with Crippen LogP contribution in [0.5, 0.6) is 0 Å². The molecular weight excluding hydrogens is 394 g/mol. The number of rotatable bonds is 6. The molecule has 3 aromatic rings. The number of aryl methyl sites for hydroxylation is 2. The Kier molecular flexibility index (Phi) is 5.89. The van der Waals surface area contributed by atoms with Crippen molar-refractivity contribution in [2.24, 2.45) is 5.92 Å². The zero-order chi connectivity index (χ0) is 22.0. The van der Waals surface area contributed by atoms with Crippen LogP contribution in [0.1, 0.15) is 37.0 Å². The lowest BCUT2D eigenvalue weighted by molar-refractivity contribution is -0.149. The third-order valence-electron chi connectivity index (χ3n) is 5.79. The Morgan fingerprint density at radius 1 is 1.06 bits per heavy atom. The van der Waals surface area contributed by atoms with Gasteiger partial charge in [-0.2, -0.15) is 0 Å². The highest BCUT2D eigenvalue weighted by atomic mass is 16.5. The van der Waals surface area contributed by atoms with Crippen molar-refractivity contribution in [1.29, 1.82) is 0 Å². The van der Waals surface area contributed by atoms with Crippen LogP contribution in [0.2, 0.25) is 0 Å². The maximum Gasteiger partial charge on any atom is 0.336 e. The van der Waals surface area contributed by atoms with Gasteiger partial charge in [0.05, 0.1) is 5.92 Å². The smallest absolute Gasteiger partial charge is 0.336 e. The highest BCUT2D eigenvalue weighted by molar-refractivity contribution is 6.00. The molecule has 1 aliphatic rings. The number of fused-ring (bicyclic) bond motifs is 1. The van der Waals surface area contributed by atoms with E-state index in [1.165, 1.54) is 6.07 Å². The summed E-state index contributed by atoms with van der Waals surface area (Å²) in [6.45, 7) is 4.32. The molecule has 4 rings (SSSR count). The van der Waals surface area contributed by atoms with Crippen LogP contribution in [-0.4, -0.2) is 18.4 Å². The van der Waals surface area contributed by atoms with Gasteiger partial charge in [-0.3, -0.25) is 9.59 Å². The molecule has 6 nitrogen and oxygen atoms in total. The first-order valence-corrected chi connectivity index (χ1v) is 10.6. The maximum absolute atomic E-state index is 12.7. The van der Waals surface area contributed by atoms with Crippen LogP contribution in [0, 0.1) is 5.92 Å². The highest BCUT2D eigenvalue weighted by Crippen LogP contribution is 2.29. The summed E-state index contributed by atoms with van der Waals surface area (Å²) in [5.41, 5.74) is 3.57. The average molecular weight is 419 g/mol. The van der Waals surface area contributed by atoms with Gasteiger partial charge in [-0.15, -0.1) is 0 Å². The summed E-state index contributed by atoms with van der Waals surface area (Å²) < 4.78 is 10.8. The number of hydrogen-bond donors (Lipinski definition) is 0. The van der Waals surface area contributed by atoms with Crippen LogP contribution in [0.3, 0.4) is 0 Å². The van der Waals surface area contributed by atoms with Gasteiger partial charge in [-0.1, -0.05) is 44.2 Å². The molecule has 0 N–H and O–H groups in total. The number of benzene rings is 2. The average Bonchev–Trinajstić information content (AvgIpc) is 3.18. The van der Waals surface area contributed by atoms with Gasteiger partial charge in [-0.05, 0) is 36.1 Å². The van der Waals surface area contributed by atoms with Crippen molar-refractivity contribution in [1.82, 2.24) is 0 Å². The van der Waals surface area contributed by atoms with Gasteiger partial charge in [-0.25, -0.2) is 4.79 Å². The van der Waals surface area contributed by atoms with Gasteiger partial charge >= 0.3 is 11.6 Å². The molecule has 0 unspecified atom stereocenters. The minimum atomic E-state index is -0.532. The molecule has 0 spiro atoms. The van der Waals surface area contributed by atoms with Crippen LogP contribution in [-0.2, 0) is 33.8 Å². The number of nitrogens with zero attached hydrogens (tertiary/aromatic N) is 1. The molecule has 2 heterocycles. The van der Waals surface area contributed by atoms with Crippen molar-refractivity contribution in [2.45, 2.75) is 39.7 Å². The number of esters is 1. The number of carbonyl (C=O) groups is 2. The molecule has 0 radical (unpaired) electrons. The number of carbonyl (C=O) groups excluding carboxylic acids is 2. The lowest BCUT2D eigenvalue weighted by Gasteiger charge is -2.19. The van der Waals surface area contributed by atoms with Crippen LogP contribution < -0.4 is 10.5 Å². The molecule has 1 aliphatic heterocycles. The third-order valence-corrected chi connectivity index (χ3v) is 5.79. The normalized spacial score (nSPS) is 16.1. The quantitative estimate of drug-likeness (QED) is 0.446. The summed E-state index contributed by atoms with van der Waals surface area (Å²) in [6.07, 6.45) is 1.75. The molecule has 160 valence electrons.